The molecule has 0 radical (unpaired) electrons. The zero-order valence-electron chi connectivity index (χ0n) is 13.4. The fourth-order valence-corrected chi connectivity index (χ4v) is 2.92. The number of esters is 1. The summed E-state index contributed by atoms with van der Waals surface area (Å²) < 4.78 is 54.8. The highest BCUT2D eigenvalue weighted by molar-refractivity contribution is 8.00. The van der Waals surface area contributed by atoms with Gasteiger partial charge in [0.25, 0.3) is 0 Å². The van der Waals surface area contributed by atoms with Crippen molar-refractivity contribution in [3.63, 3.8) is 0 Å². The summed E-state index contributed by atoms with van der Waals surface area (Å²) in [7, 11) is 0. The van der Waals surface area contributed by atoms with Crippen LogP contribution in [0.25, 0.3) is 0 Å². The maximum Gasteiger partial charge on any atom is 0.319 e. The largest absolute Gasteiger partial charge is 0.462 e. The van der Waals surface area contributed by atoms with E-state index >= 15 is 0 Å². The molecule has 2 nitrogen and oxygen atoms in total. The van der Waals surface area contributed by atoms with Crippen LogP contribution in [-0.4, -0.2) is 35.4 Å². The maximum absolute atomic E-state index is 12.8. The summed E-state index contributed by atoms with van der Waals surface area (Å²) in [5.41, 5.74) is 0. The van der Waals surface area contributed by atoms with Gasteiger partial charge in [0.05, 0.1) is 6.10 Å². The molecule has 0 aliphatic carbocycles. The van der Waals surface area contributed by atoms with Gasteiger partial charge in [-0.3, -0.25) is 4.79 Å². The summed E-state index contributed by atoms with van der Waals surface area (Å²) in [6.07, 6.45) is -1.31. The molecule has 1 atom stereocenters. The third-order valence-electron chi connectivity index (χ3n) is 2.98. The van der Waals surface area contributed by atoms with Crippen molar-refractivity contribution in [3.8, 4) is 0 Å². The van der Waals surface area contributed by atoms with Crippen LogP contribution in [0, 0.1) is 0 Å². The Hall–Kier alpha value is -0.460. The Bertz CT molecular complexity index is 312. The molecule has 0 saturated heterocycles. The molecule has 0 spiro atoms. The van der Waals surface area contributed by atoms with E-state index in [1.54, 1.807) is 13.8 Å². The standard InChI is InChI=1S/C15H26F4O2S/c1-4-5-6-8-12(13(20)21-11(2)3)22-10-7-9-15(18,19)14(16)17/h11-12,14H,4-10H2,1-3H3. The fraction of sp³-hybridized carbons (Fsp3) is 0.933. The summed E-state index contributed by atoms with van der Waals surface area (Å²) in [6, 6.07) is 0. The minimum atomic E-state index is -3.95. The number of unbranched alkanes of at least 4 members (excludes halogenated alkanes) is 2. The van der Waals surface area contributed by atoms with Gasteiger partial charge in [-0.2, -0.15) is 0 Å². The topological polar surface area (TPSA) is 26.3 Å². The first kappa shape index (κ1) is 21.5. The predicted octanol–water partition coefficient (Wildman–Crippen LogP) is 5.30. The number of ether oxygens (including phenoxy) is 1. The summed E-state index contributed by atoms with van der Waals surface area (Å²) in [4.78, 5) is 11.9. The lowest BCUT2D eigenvalue weighted by atomic mass is 10.1. The van der Waals surface area contributed by atoms with Crippen molar-refractivity contribution < 1.29 is 27.1 Å². The van der Waals surface area contributed by atoms with Gasteiger partial charge in [0.2, 0.25) is 0 Å². The monoisotopic (exact) mass is 346 g/mol. The molecule has 0 aliphatic heterocycles. The van der Waals surface area contributed by atoms with Gasteiger partial charge in [-0.1, -0.05) is 26.2 Å². The number of carbonyl (C=O) groups is 1. The van der Waals surface area contributed by atoms with Crippen LogP contribution in [0.5, 0.6) is 0 Å². The molecule has 0 N–H and O–H groups in total. The Morgan fingerprint density at radius 1 is 1.18 bits per heavy atom. The van der Waals surface area contributed by atoms with E-state index in [-0.39, 0.29) is 24.2 Å². The number of alkyl halides is 4. The second-order valence-electron chi connectivity index (χ2n) is 5.51. The second-order valence-corrected chi connectivity index (χ2v) is 6.82. The zero-order chi connectivity index (χ0) is 17.2. The highest BCUT2D eigenvalue weighted by atomic mass is 32.2. The van der Waals surface area contributed by atoms with Gasteiger partial charge >= 0.3 is 18.3 Å². The van der Waals surface area contributed by atoms with Gasteiger partial charge in [0.1, 0.15) is 5.25 Å². The van der Waals surface area contributed by atoms with E-state index in [2.05, 4.69) is 0 Å². The van der Waals surface area contributed by atoms with Crippen LogP contribution in [0.1, 0.15) is 59.3 Å². The molecule has 132 valence electrons. The van der Waals surface area contributed by atoms with E-state index in [4.69, 9.17) is 4.74 Å². The third kappa shape index (κ3) is 9.54. The first-order valence-electron chi connectivity index (χ1n) is 7.68. The number of carbonyl (C=O) groups excluding carboxylic acids is 1. The van der Waals surface area contributed by atoms with Crippen LogP contribution >= 0.6 is 11.8 Å². The minimum Gasteiger partial charge on any atom is -0.462 e. The molecule has 1 unspecified atom stereocenters. The Morgan fingerprint density at radius 2 is 1.82 bits per heavy atom. The molecular formula is C15H26F4O2S. The van der Waals surface area contributed by atoms with Gasteiger partial charge in [-0.05, 0) is 32.4 Å². The zero-order valence-corrected chi connectivity index (χ0v) is 14.2. The van der Waals surface area contributed by atoms with Crippen molar-refractivity contribution in [2.75, 3.05) is 5.75 Å². The predicted molar refractivity (Wildman–Crippen MR) is 81.8 cm³/mol. The molecular weight excluding hydrogens is 320 g/mol. The Labute approximate surface area is 134 Å². The Morgan fingerprint density at radius 3 is 2.32 bits per heavy atom. The molecule has 0 aromatic heterocycles. The average Bonchev–Trinajstić information content (AvgIpc) is 2.40. The molecule has 0 rings (SSSR count). The summed E-state index contributed by atoms with van der Waals surface area (Å²) in [5, 5.41) is -0.408. The normalized spacial score (nSPS) is 13.7. The van der Waals surface area contributed by atoms with Crippen LogP contribution in [-0.2, 0) is 9.53 Å². The number of hydrogen-bond donors (Lipinski definition) is 0. The van der Waals surface area contributed by atoms with Crippen molar-refractivity contribution in [1.29, 1.82) is 0 Å². The lowest BCUT2D eigenvalue weighted by Crippen LogP contribution is -2.27. The molecule has 0 aromatic rings. The molecule has 0 saturated carbocycles. The quantitative estimate of drug-likeness (QED) is 0.272. The molecule has 7 heteroatoms. The van der Waals surface area contributed by atoms with E-state index in [9.17, 15) is 22.4 Å². The van der Waals surface area contributed by atoms with E-state index < -0.39 is 24.0 Å². The molecule has 0 aromatic carbocycles. The van der Waals surface area contributed by atoms with E-state index in [0.29, 0.717) is 6.42 Å². The van der Waals surface area contributed by atoms with Crippen LogP contribution in [0.3, 0.4) is 0 Å². The minimum absolute atomic E-state index is 0.0543. The molecule has 22 heavy (non-hydrogen) atoms. The summed E-state index contributed by atoms with van der Waals surface area (Å²) >= 11 is 1.22. The van der Waals surface area contributed by atoms with Crippen molar-refractivity contribution in [3.05, 3.63) is 0 Å². The van der Waals surface area contributed by atoms with Gasteiger partial charge in [-0.25, -0.2) is 17.6 Å². The van der Waals surface area contributed by atoms with Gasteiger partial charge in [0.15, 0.2) is 0 Å². The molecule has 0 aliphatic rings. The number of hydrogen-bond acceptors (Lipinski definition) is 3. The van der Waals surface area contributed by atoms with Gasteiger partial charge in [0, 0.05) is 6.42 Å². The molecule has 0 amide bonds. The number of halogens is 4. The third-order valence-corrected chi connectivity index (χ3v) is 4.33. The first-order chi connectivity index (χ1) is 10.2. The van der Waals surface area contributed by atoms with Crippen molar-refractivity contribution >= 4 is 17.7 Å². The Kier molecular flexibility index (Phi) is 10.9. The van der Waals surface area contributed by atoms with Crippen LogP contribution in [0.2, 0.25) is 0 Å². The summed E-state index contributed by atoms with van der Waals surface area (Å²) in [6.45, 7) is 5.53. The lowest BCUT2D eigenvalue weighted by Gasteiger charge is -2.18. The molecule has 0 fully saturated rings. The van der Waals surface area contributed by atoms with Crippen molar-refractivity contribution in [2.45, 2.75) is 83.0 Å². The van der Waals surface area contributed by atoms with Crippen LogP contribution < -0.4 is 0 Å². The van der Waals surface area contributed by atoms with Gasteiger partial charge < -0.3 is 4.74 Å². The number of rotatable bonds is 12. The second kappa shape index (κ2) is 11.1. The van der Waals surface area contributed by atoms with E-state index in [0.717, 1.165) is 19.3 Å². The first-order valence-corrected chi connectivity index (χ1v) is 8.73. The van der Waals surface area contributed by atoms with Crippen molar-refractivity contribution in [1.82, 2.24) is 0 Å². The maximum atomic E-state index is 12.8. The van der Waals surface area contributed by atoms with Crippen molar-refractivity contribution in [2.24, 2.45) is 0 Å². The Balaban J connectivity index is 4.25. The van der Waals surface area contributed by atoms with Gasteiger partial charge in [-0.15, -0.1) is 11.8 Å². The SMILES string of the molecule is CCCCCC(SCCCC(F)(F)C(F)F)C(=O)OC(C)C. The molecule has 0 bridgehead atoms. The average molecular weight is 346 g/mol. The van der Waals surface area contributed by atoms with E-state index in [1.807, 2.05) is 6.92 Å². The number of thioether (sulfide) groups is 1. The van der Waals surface area contributed by atoms with Crippen LogP contribution in [0.4, 0.5) is 17.6 Å². The van der Waals surface area contributed by atoms with E-state index in [1.165, 1.54) is 11.8 Å². The fourth-order valence-electron chi connectivity index (χ4n) is 1.80. The highest BCUT2D eigenvalue weighted by Gasteiger charge is 2.39. The lowest BCUT2D eigenvalue weighted by molar-refractivity contribution is -0.146. The highest BCUT2D eigenvalue weighted by Crippen LogP contribution is 2.30. The summed E-state index contributed by atoms with van der Waals surface area (Å²) in [5.74, 6) is -4.06. The molecule has 0 heterocycles. The smallest absolute Gasteiger partial charge is 0.319 e. The van der Waals surface area contributed by atoms with Crippen LogP contribution in [0.15, 0.2) is 0 Å².